The molecule has 0 fully saturated rings. The number of amides is 1. The zero-order valence-electron chi connectivity index (χ0n) is 15.1. The highest BCUT2D eigenvalue weighted by molar-refractivity contribution is 7.80. The number of carbonyl (C=O) groups is 1. The predicted octanol–water partition coefficient (Wildman–Crippen LogP) is 4.93. The van der Waals surface area contributed by atoms with Gasteiger partial charge < -0.3 is 9.73 Å². The van der Waals surface area contributed by atoms with Gasteiger partial charge >= 0.3 is 0 Å². The summed E-state index contributed by atoms with van der Waals surface area (Å²) in [4.78, 5) is 16.9. The van der Waals surface area contributed by atoms with E-state index >= 15 is 0 Å². The Bertz CT molecular complexity index is 1150. The van der Waals surface area contributed by atoms with Crippen LogP contribution in [0, 0.1) is 6.92 Å². The van der Waals surface area contributed by atoms with E-state index in [0.29, 0.717) is 11.5 Å². The van der Waals surface area contributed by atoms with Crippen molar-refractivity contribution in [3.05, 3.63) is 83.9 Å². The largest absolute Gasteiger partial charge is 0.436 e. The van der Waals surface area contributed by atoms with Crippen molar-refractivity contribution in [3.63, 3.8) is 0 Å². The maximum atomic E-state index is 12.4. The van der Waals surface area contributed by atoms with E-state index in [-0.39, 0.29) is 11.0 Å². The minimum absolute atomic E-state index is 0.225. The number of oxazole rings is 1. The Labute approximate surface area is 167 Å². The summed E-state index contributed by atoms with van der Waals surface area (Å²) in [5.74, 6) is 0.283. The van der Waals surface area contributed by atoms with Crippen LogP contribution in [0.2, 0.25) is 0 Å². The number of aryl methyl sites for hydroxylation is 1. The first kappa shape index (κ1) is 17.9. The molecule has 138 valence electrons. The Balaban J connectivity index is 1.49. The lowest BCUT2D eigenvalue weighted by atomic mass is 10.1. The Morgan fingerprint density at radius 2 is 1.79 bits per heavy atom. The monoisotopic (exact) mass is 387 g/mol. The van der Waals surface area contributed by atoms with Gasteiger partial charge in [0.2, 0.25) is 5.89 Å². The minimum atomic E-state index is -0.245. The van der Waals surface area contributed by atoms with Crippen molar-refractivity contribution >= 4 is 40.0 Å². The minimum Gasteiger partial charge on any atom is -0.436 e. The van der Waals surface area contributed by atoms with Crippen LogP contribution < -0.4 is 10.6 Å². The molecule has 0 bridgehead atoms. The number of rotatable bonds is 3. The first-order chi connectivity index (χ1) is 13.6. The van der Waals surface area contributed by atoms with E-state index in [2.05, 4.69) is 15.6 Å². The molecular weight excluding hydrogens is 370 g/mol. The first-order valence-corrected chi connectivity index (χ1v) is 9.15. The molecule has 28 heavy (non-hydrogen) atoms. The topological polar surface area (TPSA) is 67.2 Å². The maximum Gasteiger partial charge on any atom is 0.257 e. The van der Waals surface area contributed by atoms with E-state index < -0.39 is 0 Å². The van der Waals surface area contributed by atoms with E-state index in [9.17, 15) is 4.79 Å². The van der Waals surface area contributed by atoms with Crippen molar-refractivity contribution in [2.45, 2.75) is 6.92 Å². The third-order valence-electron chi connectivity index (χ3n) is 4.28. The van der Waals surface area contributed by atoms with Gasteiger partial charge in [-0.25, -0.2) is 4.98 Å². The fraction of sp³-hybridized carbons (Fsp3) is 0.0455. The second kappa shape index (κ2) is 7.62. The molecule has 1 amide bonds. The number of hydrogen-bond donors (Lipinski definition) is 2. The standard InChI is InChI=1S/C22H17N3O2S/c1-14-7-2-3-10-17(14)20(26)25-22(28)23-16-9-6-8-15(13-16)21-24-18-11-4-5-12-19(18)27-21/h2-13H,1H3,(H2,23,25,26,28). The smallest absolute Gasteiger partial charge is 0.257 e. The second-order valence-electron chi connectivity index (χ2n) is 6.29. The van der Waals surface area contributed by atoms with Crippen molar-refractivity contribution < 1.29 is 9.21 Å². The van der Waals surface area contributed by atoms with Crippen molar-refractivity contribution in [1.29, 1.82) is 0 Å². The van der Waals surface area contributed by atoms with Crippen molar-refractivity contribution in [2.75, 3.05) is 5.32 Å². The number of carbonyl (C=O) groups excluding carboxylic acids is 1. The Morgan fingerprint density at radius 1 is 1.00 bits per heavy atom. The number of benzene rings is 3. The molecule has 3 aromatic carbocycles. The molecule has 0 saturated heterocycles. The van der Waals surface area contributed by atoms with Crippen molar-refractivity contribution in [1.82, 2.24) is 10.3 Å². The highest BCUT2D eigenvalue weighted by Gasteiger charge is 2.11. The predicted molar refractivity (Wildman–Crippen MR) is 114 cm³/mol. The number of aromatic nitrogens is 1. The fourth-order valence-electron chi connectivity index (χ4n) is 2.89. The molecule has 5 nitrogen and oxygen atoms in total. The molecule has 2 N–H and O–H groups in total. The van der Waals surface area contributed by atoms with Crippen molar-refractivity contribution in [3.8, 4) is 11.5 Å². The van der Waals surface area contributed by atoms with Crippen LogP contribution in [0.4, 0.5) is 5.69 Å². The van der Waals surface area contributed by atoms with Gasteiger partial charge in [0.25, 0.3) is 5.91 Å². The summed E-state index contributed by atoms with van der Waals surface area (Å²) < 4.78 is 5.81. The van der Waals surface area contributed by atoms with Crippen LogP contribution >= 0.6 is 12.2 Å². The van der Waals surface area contributed by atoms with E-state index in [1.807, 2.05) is 73.7 Å². The van der Waals surface area contributed by atoms with E-state index in [4.69, 9.17) is 16.6 Å². The quantitative estimate of drug-likeness (QED) is 0.488. The molecule has 4 rings (SSSR count). The van der Waals surface area contributed by atoms with Crippen LogP contribution in [0.15, 0.2) is 77.2 Å². The molecular formula is C22H17N3O2S. The highest BCUT2D eigenvalue weighted by atomic mass is 32.1. The number of thiocarbonyl (C=S) groups is 1. The maximum absolute atomic E-state index is 12.4. The van der Waals surface area contributed by atoms with Crippen LogP contribution in [0.3, 0.4) is 0 Å². The molecule has 0 aliphatic heterocycles. The van der Waals surface area contributed by atoms with Gasteiger partial charge in [0.05, 0.1) is 0 Å². The SMILES string of the molecule is Cc1ccccc1C(=O)NC(=S)Nc1cccc(-c2nc3ccccc3o2)c1. The molecule has 6 heteroatoms. The second-order valence-corrected chi connectivity index (χ2v) is 6.70. The third kappa shape index (κ3) is 3.77. The van der Waals surface area contributed by atoms with E-state index in [1.54, 1.807) is 6.07 Å². The number of anilines is 1. The summed E-state index contributed by atoms with van der Waals surface area (Å²) in [6.45, 7) is 1.88. The molecule has 0 atom stereocenters. The van der Waals surface area contributed by atoms with Gasteiger partial charge in [-0.1, -0.05) is 36.4 Å². The average molecular weight is 387 g/mol. The van der Waals surface area contributed by atoms with Gasteiger partial charge in [-0.2, -0.15) is 0 Å². The van der Waals surface area contributed by atoms with Gasteiger partial charge in [-0.3, -0.25) is 10.1 Å². The molecule has 0 unspecified atom stereocenters. The van der Waals surface area contributed by atoms with Crippen molar-refractivity contribution in [2.24, 2.45) is 0 Å². The van der Waals surface area contributed by atoms with Gasteiger partial charge in [0, 0.05) is 16.8 Å². The van der Waals surface area contributed by atoms with Crippen LogP contribution in [-0.4, -0.2) is 16.0 Å². The number of hydrogen-bond acceptors (Lipinski definition) is 4. The van der Waals surface area contributed by atoms with Gasteiger partial charge in [-0.15, -0.1) is 0 Å². The zero-order chi connectivity index (χ0) is 19.5. The fourth-order valence-corrected chi connectivity index (χ4v) is 3.10. The van der Waals surface area contributed by atoms with Crippen LogP contribution in [0.1, 0.15) is 15.9 Å². The molecule has 4 aromatic rings. The lowest BCUT2D eigenvalue weighted by Gasteiger charge is -2.11. The molecule has 0 saturated carbocycles. The molecule has 0 spiro atoms. The molecule has 0 radical (unpaired) electrons. The summed E-state index contributed by atoms with van der Waals surface area (Å²) in [6, 6.07) is 22.5. The molecule has 1 heterocycles. The summed E-state index contributed by atoms with van der Waals surface area (Å²) in [6.07, 6.45) is 0. The summed E-state index contributed by atoms with van der Waals surface area (Å²) in [5.41, 5.74) is 4.56. The number of nitrogens with zero attached hydrogens (tertiary/aromatic N) is 1. The Kier molecular flexibility index (Phi) is 4.87. The van der Waals surface area contributed by atoms with E-state index in [0.717, 1.165) is 27.9 Å². The Morgan fingerprint density at radius 3 is 2.61 bits per heavy atom. The lowest BCUT2D eigenvalue weighted by molar-refractivity contribution is 0.0977. The van der Waals surface area contributed by atoms with E-state index in [1.165, 1.54) is 0 Å². The first-order valence-electron chi connectivity index (χ1n) is 8.74. The summed E-state index contributed by atoms with van der Waals surface area (Å²) in [7, 11) is 0. The highest BCUT2D eigenvalue weighted by Crippen LogP contribution is 2.26. The number of fused-ring (bicyclic) bond motifs is 1. The Hall–Kier alpha value is -3.51. The van der Waals surface area contributed by atoms with Gasteiger partial charge in [0.15, 0.2) is 10.7 Å². The molecule has 1 aromatic heterocycles. The summed E-state index contributed by atoms with van der Waals surface area (Å²) in [5, 5.41) is 5.97. The lowest BCUT2D eigenvalue weighted by Crippen LogP contribution is -2.34. The van der Waals surface area contributed by atoms with Crippen LogP contribution in [-0.2, 0) is 0 Å². The molecule has 0 aliphatic rings. The van der Waals surface area contributed by atoms with Crippen LogP contribution in [0.5, 0.6) is 0 Å². The van der Waals surface area contributed by atoms with Crippen LogP contribution in [0.25, 0.3) is 22.6 Å². The normalized spacial score (nSPS) is 10.6. The van der Waals surface area contributed by atoms with Gasteiger partial charge in [-0.05, 0) is 61.1 Å². The third-order valence-corrected chi connectivity index (χ3v) is 4.48. The molecule has 0 aliphatic carbocycles. The average Bonchev–Trinajstić information content (AvgIpc) is 3.12. The van der Waals surface area contributed by atoms with Gasteiger partial charge in [0.1, 0.15) is 5.52 Å². The number of para-hydroxylation sites is 2. The zero-order valence-corrected chi connectivity index (χ0v) is 15.9. The number of nitrogens with one attached hydrogen (secondary N) is 2. The summed E-state index contributed by atoms with van der Waals surface area (Å²) >= 11 is 5.29.